The number of rotatable bonds is 4. The molecule has 3 heterocycles. The Labute approximate surface area is 232 Å². The fraction of sp³-hybridized carbons (Fsp3) is 0.419. The highest BCUT2D eigenvalue weighted by atomic mass is 19.4. The van der Waals surface area contributed by atoms with Gasteiger partial charge in [0, 0.05) is 42.6 Å². The average molecular weight is 550 g/mol. The first-order valence-corrected chi connectivity index (χ1v) is 14.0. The van der Waals surface area contributed by atoms with Gasteiger partial charge in [-0.3, -0.25) is 4.79 Å². The molecule has 2 aliphatic heterocycles. The number of hydrogen-bond donors (Lipinski definition) is 2. The second-order valence-electron chi connectivity index (χ2n) is 11.5. The van der Waals surface area contributed by atoms with Crippen LogP contribution >= 0.6 is 0 Å². The van der Waals surface area contributed by atoms with E-state index in [1.54, 1.807) is 18.2 Å². The summed E-state index contributed by atoms with van der Waals surface area (Å²) in [6.45, 7) is 3.66. The number of carbonyl (C=O) groups is 1. The molecule has 0 radical (unpaired) electrons. The Morgan fingerprint density at radius 2 is 1.77 bits per heavy atom. The van der Waals surface area contributed by atoms with E-state index in [2.05, 4.69) is 28.1 Å². The molecule has 2 aromatic carbocycles. The zero-order chi connectivity index (χ0) is 28.1. The maximum Gasteiger partial charge on any atom is 0.416 e. The van der Waals surface area contributed by atoms with Gasteiger partial charge in [0.1, 0.15) is 5.82 Å². The van der Waals surface area contributed by atoms with Crippen LogP contribution in [0.25, 0.3) is 11.1 Å². The standard InChI is InChI=1S/C31H34F3N5O/c1-30-19-38(24-11-9-23(10-12-24)31(32,33)34)16-14-27(30)39(26-8-3-2-7-25(26)37-30)28-18-21(13-15-36-28)20-5-4-6-22(17-20)29(35)40/h4-6,9-13,15,17-18,25-27,37H,2-3,7-8,14,16,19H2,1H3,(H2,35,40). The van der Waals surface area contributed by atoms with Gasteiger partial charge in [-0.1, -0.05) is 25.0 Å². The molecule has 2 saturated heterocycles. The minimum atomic E-state index is -4.35. The SMILES string of the molecule is CC12CN(c3ccc(C(F)(F)F)cc3)CCC1N(c1cc(-c3cccc(C(N)=O)c3)ccn1)C1CCCCC1N2. The van der Waals surface area contributed by atoms with Crippen LogP contribution in [0.3, 0.4) is 0 Å². The van der Waals surface area contributed by atoms with Crippen LogP contribution in [0, 0.1) is 0 Å². The topological polar surface area (TPSA) is 74.5 Å². The van der Waals surface area contributed by atoms with Crippen LogP contribution in [-0.2, 0) is 6.18 Å². The molecule has 3 N–H and O–H groups in total. The second kappa shape index (κ2) is 10.1. The predicted octanol–water partition coefficient (Wildman–Crippen LogP) is 5.62. The molecule has 3 aliphatic rings. The summed E-state index contributed by atoms with van der Waals surface area (Å²) in [5.74, 6) is 0.457. The van der Waals surface area contributed by atoms with Crippen LogP contribution in [0.5, 0.6) is 0 Å². The van der Waals surface area contributed by atoms with E-state index in [-0.39, 0.29) is 11.6 Å². The molecule has 210 valence electrons. The molecule has 0 spiro atoms. The number of nitrogens with two attached hydrogens (primary N) is 1. The minimum absolute atomic E-state index is 0.164. The maximum absolute atomic E-state index is 13.1. The Morgan fingerprint density at radius 3 is 2.52 bits per heavy atom. The first-order chi connectivity index (χ1) is 19.1. The fourth-order valence-corrected chi connectivity index (χ4v) is 7.04. The molecule has 4 atom stereocenters. The highest BCUT2D eigenvalue weighted by molar-refractivity contribution is 5.94. The summed E-state index contributed by atoms with van der Waals surface area (Å²) >= 11 is 0. The molecule has 0 bridgehead atoms. The number of primary amides is 1. The molecule has 3 aromatic rings. The van der Waals surface area contributed by atoms with Gasteiger partial charge in [-0.15, -0.1) is 0 Å². The molecule has 6 nitrogen and oxygen atoms in total. The lowest BCUT2D eigenvalue weighted by Crippen LogP contribution is -2.78. The molecule has 1 saturated carbocycles. The molecule has 1 aromatic heterocycles. The van der Waals surface area contributed by atoms with Crippen molar-refractivity contribution >= 4 is 17.4 Å². The number of anilines is 2. The van der Waals surface area contributed by atoms with Crippen LogP contribution in [0.4, 0.5) is 24.7 Å². The number of hydrogen-bond acceptors (Lipinski definition) is 5. The molecular formula is C31H34F3N5O. The number of alkyl halides is 3. The van der Waals surface area contributed by atoms with Gasteiger partial charge in [0.15, 0.2) is 0 Å². The summed E-state index contributed by atoms with van der Waals surface area (Å²) in [5, 5.41) is 3.99. The van der Waals surface area contributed by atoms with E-state index in [4.69, 9.17) is 10.7 Å². The van der Waals surface area contributed by atoms with Gasteiger partial charge in [0.2, 0.25) is 5.91 Å². The van der Waals surface area contributed by atoms with Gasteiger partial charge < -0.3 is 20.9 Å². The molecule has 6 rings (SSSR count). The first kappa shape index (κ1) is 26.6. The number of carbonyl (C=O) groups excluding carboxylic acids is 1. The molecule has 1 aliphatic carbocycles. The van der Waals surface area contributed by atoms with E-state index in [9.17, 15) is 18.0 Å². The summed E-state index contributed by atoms with van der Waals surface area (Å²) in [6, 6.07) is 17.7. The monoisotopic (exact) mass is 549 g/mol. The van der Waals surface area contributed by atoms with Crippen molar-refractivity contribution in [3.05, 3.63) is 78.0 Å². The van der Waals surface area contributed by atoms with E-state index in [1.807, 2.05) is 30.5 Å². The lowest BCUT2D eigenvalue weighted by Gasteiger charge is -2.61. The van der Waals surface area contributed by atoms with Crippen molar-refractivity contribution in [3.63, 3.8) is 0 Å². The minimum Gasteiger partial charge on any atom is -0.370 e. The number of piperazine rings is 1. The van der Waals surface area contributed by atoms with Crippen LogP contribution in [-0.4, -0.2) is 47.6 Å². The average Bonchev–Trinajstić information content (AvgIpc) is 2.95. The first-order valence-electron chi connectivity index (χ1n) is 14.0. The highest BCUT2D eigenvalue weighted by Gasteiger charge is 2.52. The van der Waals surface area contributed by atoms with Gasteiger partial charge in [-0.25, -0.2) is 4.98 Å². The van der Waals surface area contributed by atoms with Gasteiger partial charge in [-0.05, 0) is 85.8 Å². The Kier molecular flexibility index (Phi) is 6.73. The number of nitrogens with zero attached hydrogens (tertiary/aromatic N) is 3. The van der Waals surface area contributed by atoms with E-state index in [0.29, 0.717) is 24.2 Å². The molecule has 4 unspecified atom stereocenters. The summed E-state index contributed by atoms with van der Waals surface area (Å²) in [4.78, 5) is 21.4. The lowest BCUT2D eigenvalue weighted by atomic mass is 9.75. The molecule has 40 heavy (non-hydrogen) atoms. The van der Waals surface area contributed by atoms with Crippen LogP contribution in [0.2, 0.25) is 0 Å². The zero-order valence-corrected chi connectivity index (χ0v) is 22.5. The van der Waals surface area contributed by atoms with Crippen molar-refractivity contribution in [1.82, 2.24) is 10.3 Å². The Balaban J connectivity index is 1.32. The van der Waals surface area contributed by atoms with Crippen molar-refractivity contribution in [1.29, 1.82) is 0 Å². The van der Waals surface area contributed by atoms with Gasteiger partial charge in [-0.2, -0.15) is 13.2 Å². The number of piperidine rings is 1. The van der Waals surface area contributed by atoms with E-state index < -0.39 is 17.6 Å². The number of pyridine rings is 1. The van der Waals surface area contributed by atoms with Crippen molar-refractivity contribution in [2.24, 2.45) is 5.73 Å². The van der Waals surface area contributed by atoms with Crippen molar-refractivity contribution < 1.29 is 18.0 Å². The third-order valence-corrected chi connectivity index (χ3v) is 8.92. The summed E-state index contributed by atoms with van der Waals surface area (Å²) in [7, 11) is 0. The normalized spacial score (nSPS) is 26.6. The molecule has 3 fully saturated rings. The number of halogens is 3. The molecule has 9 heteroatoms. The Hall–Kier alpha value is -3.59. The van der Waals surface area contributed by atoms with Crippen LogP contribution in [0.15, 0.2) is 66.9 Å². The highest BCUT2D eigenvalue weighted by Crippen LogP contribution is 2.42. The summed E-state index contributed by atoms with van der Waals surface area (Å²) in [5.41, 5.74) is 7.77. The number of nitrogens with one attached hydrogen (secondary N) is 1. The van der Waals surface area contributed by atoms with Crippen molar-refractivity contribution in [2.75, 3.05) is 22.9 Å². The lowest BCUT2D eigenvalue weighted by molar-refractivity contribution is -0.137. The smallest absolute Gasteiger partial charge is 0.370 e. The van der Waals surface area contributed by atoms with Gasteiger partial charge >= 0.3 is 6.18 Å². The molecule has 1 amide bonds. The fourth-order valence-electron chi connectivity index (χ4n) is 7.04. The van der Waals surface area contributed by atoms with Gasteiger partial charge in [0.25, 0.3) is 0 Å². The Morgan fingerprint density at radius 1 is 1.02 bits per heavy atom. The van der Waals surface area contributed by atoms with Crippen molar-refractivity contribution in [2.45, 2.75) is 68.9 Å². The zero-order valence-electron chi connectivity index (χ0n) is 22.5. The summed E-state index contributed by atoms with van der Waals surface area (Å²) in [6.07, 6.45) is 2.81. The molecular weight excluding hydrogens is 515 g/mol. The maximum atomic E-state index is 13.1. The van der Waals surface area contributed by atoms with Crippen molar-refractivity contribution in [3.8, 4) is 11.1 Å². The number of amides is 1. The quantitative estimate of drug-likeness (QED) is 0.442. The van der Waals surface area contributed by atoms with E-state index in [0.717, 1.165) is 48.4 Å². The van der Waals surface area contributed by atoms with Crippen LogP contribution in [0.1, 0.15) is 54.9 Å². The van der Waals surface area contributed by atoms with Crippen LogP contribution < -0.4 is 20.9 Å². The second-order valence-corrected chi connectivity index (χ2v) is 11.5. The number of aromatic nitrogens is 1. The largest absolute Gasteiger partial charge is 0.416 e. The number of benzene rings is 2. The van der Waals surface area contributed by atoms with Gasteiger partial charge in [0.05, 0.1) is 17.1 Å². The Bertz CT molecular complexity index is 1390. The third-order valence-electron chi connectivity index (χ3n) is 8.92. The predicted molar refractivity (Wildman–Crippen MR) is 150 cm³/mol. The van der Waals surface area contributed by atoms with E-state index >= 15 is 0 Å². The summed E-state index contributed by atoms with van der Waals surface area (Å²) < 4.78 is 39.4. The number of fused-ring (bicyclic) bond motifs is 2. The van der Waals surface area contributed by atoms with E-state index in [1.165, 1.54) is 25.0 Å². The third kappa shape index (κ3) is 4.91.